The van der Waals surface area contributed by atoms with Crippen LogP contribution in [0.15, 0.2) is 57.5 Å². The molecule has 8 rings (SSSR count). The van der Waals surface area contributed by atoms with E-state index in [1.807, 2.05) is 12.1 Å². The summed E-state index contributed by atoms with van der Waals surface area (Å²) < 4.78 is 1.46. The Labute approximate surface area is 287 Å². The first kappa shape index (κ1) is 32.7. The van der Waals surface area contributed by atoms with Gasteiger partial charge >= 0.3 is 0 Å². The predicted octanol–water partition coefficient (Wildman–Crippen LogP) is 4.89. The second-order valence-corrected chi connectivity index (χ2v) is 14.7. The number of benzene rings is 1. The zero-order valence-corrected chi connectivity index (χ0v) is 29.6. The topological polar surface area (TPSA) is 142 Å². The standard InChI is InChI=1S/C30H28Br4N6O4/c31-19-9-17-13-37-29(43)25-5-2-6-26(40-25)30(44)38-14-18-10-20(32)16(8-22(18)34)12-36-28(42)24-4-1-3-23(39-24)27(41)35-11-15(19)7-21(17)33/h1-7,9,16,18,20,22H,8,10-14H2,(H,35,41)(H,36,42)(H,37,43)(H,38,44)/t16-,18?,20-,22-/m1/s1. The van der Waals surface area contributed by atoms with Crippen molar-refractivity contribution < 1.29 is 19.2 Å². The second-order valence-electron chi connectivity index (χ2n) is 10.7. The first-order valence-electron chi connectivity index (χ1n) is 13.9. The molecule has 1 fully saturated rings. The minimum atomic E-state index is -0.414. The maximum Gasteiger partial charge on any atom is 0.270 e. The van der Waals surface area contributed by atoms with E-state index in [1.165, 1.54) is 0 Å². The number of nitrogens with one attached hydrogen (secondary N) is 4. The van der Waals surface area contributed by atoms with Crippen molar-refractivity contribution in [3.05, 3.63) is 91.4 Å². The summed E-state index contributed by atoms with van der Waals surface area (Å²) in [5, 5.41) is 11.6. The van der Waals surface area contributed by atoms with E-state index in [2.05, 4.69) is 95.0 Å². The summed E-state index contributed by atoms with van der Waals surface area (Å²) in [6, 6.07) is 13.2. The maximum absolute atomic E-state index is 13.0. The van der Waals surface area contributed by atoms with Crippen molar-refractivity contribution in [2.75, 3.05) is 13.1 Å². The second kappa shape index (κ2) is 14.6. The van der Waals surface area contributed by atoms with E-state index in [-0.39, 0.29) is 69.2 Å². The zero-order chi connectivity index (χ0) is 31.4. The number of rotatable bonds is 0. The fourth-order valence-corrected chi connectivity index (χ4v) is 7.95. The molecule has 4 N–H and O–H groups in total. The van der Waals surface area contributed by atoms with Crippen molar-refractivity contribution in [1.29, 1.82) is 0 Å². The van der Waals surface area contributed by atoms with E-state index in [9.17, 15) is 19.2 Å². The molecule has 2 aromatic heterocycles. The van der Waals surface area contributed by atoms with Crippen molar-refractivity contribution in [2.45, 2.75) is 35.6 Å². The number of hydrogen-bond acceptors (Lipinski definition) is 6. The van der Waals surface area contributed by atoms with Gasteiger partial charge in [0.05, 0.1) is 0 Å². The maximum atomic E-state index is 13.0. The normalized spacial score (nSPS) is 23.4. The molecule has 1 unspecified atom stereocenters. The lowest BCUT2D eigenvalue weighted by Crippen LogP contribution is -2.43. The first-order chi connectivity index (χ1) is 21.1. The lowest BCUT2D eigenvalue weighted by Gasteiger charge is -2.37. The number of alkyl halides is 2. The van der Waals surface area contributed by atoms with Crippen LogP contribution < -0.4 is 21.3 Å². The van der Waals surface area contributed by atoms with Gasteiger partial charge in [-0.15, -0.1) is 0 Å². The van der Waals surface area contributed by atoms with Gasteiger partial charge in [-0.2, -0.15) is 0 Å². The molecule has 14 heteroatoms. The van der Waals surface area contributed by atoms with Gasteiger partial charge in [-0.3, -0.25) is 19.2 Å². The molecule has 1 saturated carbocycles. The van der Waals surface area contributed by atoms with Gasteiger partial charge in [-0.05, 0) is 72.2 Å². The van der Waals surface area contributed by atoms with Crippen LogP contribution in [0.5, 0.6) is 0 Å². The molecule has 4 atom stereocenters. The Bertz CT molecular complexity index is 1490. The minimum absolute atomic E-state index is 0.112. The Morgan fingerprint density at radius 3 is 1.27 bits per heavy atom. The summed E-state index contributed by atoms with van der Waals surface area (Å²) in [4.78, 5) is 60.7. The van der Waals surface area contributed by atoms with E-state index in [0.29, 0.717) is 13.1 Å². The quantitative estimate of drug-likeness (QED) is 0.238. The van der Waals surface area contributed by atoms with E-state index in [4.69, 9.17) is 0 Å². The summed E-state index contributed by atoms with van der Waals surface area (Å²) >= 11 is 14.7. The van der Waals surface area contributed by atoms with Gasteiger partial charge in [0, 0.05) is 44.8 Å². The molecule has 4 amide bonds. The van der Waals surface area contributed by atoms with E-state index in [1.54, 1.807) is 36.4 Å². The molecule has 5 aliphatic rings. The fourth-order valence-electron chi connectivity index (χ4n) is 5.12. The molecule has 6 heterocycles. The van der Waals surface area contributed by atoms with Crippen molar-refractivity contribution >= 4 is 87.3 Å². The van der Waals surface area contributed by atoms with Crippen LogP contribution in [-0.4, -0.2) is 56.3 Å². The Balaban J connectivity index is 1.39. The monoisotopic (exact) mass is 852 g/mol. The number of aromatic nitrogens is 2. The van der Waals surface area contributed by atoms with E-state index < -0.39 is 11.8 Å². The van der Waals surface area contributed by atoms with Gasteiger partial charge in [0.25, 0.3) is 23.6 Å². The summed E-state index contributed by atoms with van der Waals surface area (Å²) in [7, 11) is 0. The van der Waals surface area contributed by atoms with Crippen molar-refractivity contribution in [1.82, 2.24) is 31.2 Å². The molecule has 10 nitrogen and oxygen atoms in total. The molecule has 230 valence electrons. The zero-order valence-electron chi connectivity index (χ0n) is 23.2. The average molecular weight is 856 g/mol. The van der Waals surface area contributed by atoms with Crippen LogP contribution >= 0.6 is 63.7 Å². The molecule has 1 aromatic carbocycles. The summed E-state index contributed by atoms with van der Waals surface area (Å²) in [6.07, 6.45) is 1.54. The van der Waals surface area contributed by atoms with Crippen LogP contribution in [0, 0.1) is 11.8 Å². The summed E-state index contributed by atoms with van der Waals surface area (Å²) in [5.41, 5.74) is 2.16. The van der Waals surface area contributed by atoms with Crippen LogP contribution in [0.1, 0.15) is 65.9 Å². The van der Waals surface area contributed by atoms with Crippen LogP contribution in [0.3, 0.4) is 0 Å². The molecule has 0 radical (unpaired) electrons. The number of nitrogens with zero attached hydrogens (tertiary/aromatic N) is 2. The third-order valence-electron chi connectivity index (χ3n) is 7.65. The van der Waals surface area contributed by atoms with Crippen molar-refractivity contribution in [2.24, 2.45) is 11.8 Å². The first-order valence-corrected chi connectivity index (χ1v) is 17.3. The molecule has 0 spiro atoms. The van der Waals surface area contributed by atoms with Crippen LogP contribution in [0.25, 0.3) is 0 Å². The average Bonchev–Trinajstić information content (AvgIpc) is 3.02. The summed E-state index contributed by atoms with van der Waals surface area (Å²) in [5.74, 6) is -1.26. The molecule has 44 heavy (non-hydrogen) atoms. The highest BCUT2D eigenvalue weighted by molar-refractivity contribution is 9.11. The molecule has 4 aliphatic heterocycles. The smallest absolute Gasteiger partial charge is 0.270 e. The van der Waals surface area contributed by atoms with Crippen molar-refractivity contribution in [3.8, 4) is 0 Å². The largest absolute Gasteiger partial charge is 0.350 e. The third-order valence-corrected chi connectivity index (χ3v) is 11.4. The van der Waals surface area contributed by atoms with Gasteiger partial charge in [-0.1, -0.05) is 75.9 Å². The highest BCUT2D eigenvalue weighted by atomic mass is 79.9. The molecule has 8 bridgehead atoms. The van der Waals surface area contributed by atoms with E-state index >= 15 is 0 Å². The number of amides is 4. The van der Waals surface area contributed by atoms with Crippen LogP contribution in [-0.2, 0) is 13.1 Å². The molecule has 0 saturated heterocycles. The number of pyridine rings is 2. The third kappa shape index (κ3) is 7.93. The van der Waals surface area contributed by atoms with Gasteiger partial charge in [0.1, 0.15) is 22.8 Å². The van der Waals surface area contributed by atoms with Crippen LogP contribution in [0.4, 0.5) is 0 Å². The van der Waals surface area contributed by atoms with Gasteiger partial charge in [0.2, 0.25) is 0 Å². The van der Waals surface area contributed by atoms with Crippen LogP contribution in [0.2, 0.25) is 0 Å². The highest BCUT2D eigenvalue weighted by Crippen LogP contribution is 2.37. The number of halogens is 4. The highest BCUT2D eigenvalue weighted by Gasteiger charge is 2.35. The number of carbonyl (C=O) groups is 4. The minimum Gasteiger partial charge on any atom is -0.350 e. The van der Waals surface area contributed by atoms with E-state index in [0.717, 1.165) is 32.9 Å². The molecular formula is C30H28Br4N6O4. The molecular weight excluding hydrogens is 828 g/mol. The Morgan fingerprint density at radius 1 is 0.568 bits per heavy atom. The Hall–Kier alpha value is -2.68. The summed E-state index contributed by atoms with van der Waals surface area (Å²) in [6.45, 7) is 1.24. The molecule has 1 aliphatic carbocycles. The molecule has 3 aromatic rings. The Morgan fingerprint density at radius 2 is 0.909 bits per heavy atom. The van der Waals surface area contributed by atoms with Crippen molar-refractivity contribution in [3.63, 3.8) is 0 Å². The number of carbonyl (C=O) groups excluding carboxylic acids is 4. The lowest BCUT2D eigenvalue weighted by atomic mass is 9.81. The SMILES string of the molecule is O=C1NCc2cc(Br)c(cc2Br)CNC(=O)c2cccc(n2)C(=O)NC[C@H]2C[C@@H](Br)C(CNC(=O)c3cccc1n3)C[C@H]2Br. The predicted molar refractivity (Wildman–Crippen MR) is 179 cm³/mol. The van der Waals surface area contributed by atoms with Gasteiger partial charge < -0.3 is 21.3 Å². The van der Waals surface area contributed by atoms with Gasteiger partial charge in [0.15, 0.2) is 0 Å². The number of hydrogen-bond donors (Lipinski definition) is 4. The van der Waals surface area contributed by atoms with Gasteiger partial charge in [-0.25, -0.2) is 9.97 Å². The fraction of sp³-hybridized carbons (Fsp3) is 0.333. The lowest BCUT2D eigenvalue weighted by molar-refractivity contribution is 0.0915. The Kier molecular flexibility index (Phi) is 10.9.